The van der Waals surface area contributed by atoms with Gasteiger partial charge in [-0.15, -0.1) is 0 Å². The Morgan fingerprint density at radius 1 is 1.20 bits per heavy atom. The van der Waals surface area contributed by atoms with Gasteiger partial charge < -0.3 is 10.4 Å². The monoisotopic (exact) mass is 567 g/mol. The molecule has 0 saturated heterocycles. The zero-order chi connectivity index (χ0) is 18.4. The average molecular weight is 567 g/mol. The molecule has 25 heavy (non-hydrogen) atoms. The van der Waals surface area contributed by atoms with Gasteiger partial charge in [0.1, 0.15) is 11.6 Å². The largest absolute Gasteiger partial charge is 0.506 e. The van der Waals surface area contributed by atoms with Crippen molar-refractivity contribution < 1.29 is 19.1 Å². The zero-order valence-corrected chi connectivity index (χ0v) is 16.9. The Kier molecular flexibility index (Phi) is 7.11. The summed E-state index contributed by atoms with van der Waals surface area (Å²) in [4.78, 5) is 23.4. The zero-order valence-electron chi connectivity index (χ0n) is 12.6. The third kappa shape index (κ3) is 5.92. The van der Waals surface area contributed by atoms with Crippen LogP contribution >= 0.6 is 45.2 Å². The number of phenols is 1. The number of hydrazone groups is 1. The van der Waals surface area contributed by atoms with E-state index >= 15 is 0 Å². The van der Waals surface area contributed by atoms with Gasteiger partial charge in [0.2, 0.25) is 0 Å². The van der Waals surface area contributed by atoms with Gasteiger partial charge >= 0.3 is 0 Å². The molecule has 0 radical (unpaired) electrons. The highest BCUT2D eigenvalue weighted by molar-refractivity contribution is 14.1. The molecule has 0 aromatic heterocycles. The van der Waals surface area contributed by atoms with Gasteiger partial charge in [-0.3, -0.25) is 9.59 Å². The van der Waals surface area contributed by atoms with Crippen LogP contribution in [0.25, 0.3) is 0 Å². The van der Waals surface area contributed by atoms with E-state index in [1.165, 1.54) is 24.4 Å². The molecule has 0 atom stereocenters. The van der Waals surface area contributed by atoms with E-state index in [0.29, 0.717) is 12.7 Å². The minimum absolute atomic E-state index is 0.129. The van der Waals surface area contributed by atoms with E-state index in [4.69, 9.17) is 0 Å². The molecule has 2 amide bonds. The number of amides is 2. The number of rotatable bonds is 5. The van der Waals surface area contributed by atoms with Crippen LogP contribution in [-0.2, 0) is 4.79 Å². The molecule has 2 aromatic rings. The summed E-state index contributed by atoms with van der Waals surface area (Å²) in [5.41, 5.74) is 3.11. The Hall–Kier alpha value is -1.76. The average Bonchev–Trinajstić information content (AvgIpc) is 2.57. The quantitative estimate of drug-likeness (QED) is 0.295. The number of benzene rings is 2. The number of hydrogen-bond donors (Lipinski definition) is 3. The van der Waals surface area contributed by atoms with Crippen molar-refractivity contribution in [3.8, 4) is 5.75 Å². The van der Waals surface area contributed by atoms with Crippen molar-refractivity contribution in [1.29, 1.82) is 0 Å². The lowest BCUT2D eigenvalue weighted by molar-refractivity contribution is -0.120. The van der Waals surface area contributed by atoms with Gasteiger partial charge in [-0.25, -0.2) is 9.82 Å². The van der Waals surface area contributed by atoms with Crippen molar-refractivity contribution in [3.63, 3.8) is 0 Å². The molecule has 2 aromatic carbocycles. The van der Waals surface area contributed by atoms with Crippen LogP contribution in [0.1, 0.15) is 15.9 Å². The van der Waals surface area contributed by atoms with E-state index in [1.54, 1.807) is 12.1 Å². The van der Waals surface area contributed by atoms with Crippen LogP contribution in [0.5, 0.6) is 5.75 Å². The predicted molar refractivity (Wildman–Crippen MR) is 108 cm³/mol. The van der Waals surface area contributed by atoms with Crippen LogP contribution in [0.15, 0.2) is 41.5 Å². The van der Waals surface area contributed by atoms with E-state index in [-0.39, 0.29) is 17.9 Å². The third-order valence-electron chi connectivity index (χ3n) is 2.94. The summed E-state index contributed by atoms with van der Waals surface area (Å²) in [6, 6.07) is 8.58. The standard InChI is InChI=1S/C16H12FI2N3O3/c17-11-3-1-2-10(6-11)16(25)20-8-14(23)22-21-7-9-4-12(18)15(24)13(19)5-9/h1-7,24H,8H2,(H,20,25)(H,22,23). The number of halogens is 3. The van der Waals surface area contributed by atoms with Gasteiger partial charge in [0.05, 0.1) is 19.9 Å². The van der Waals surface area contributed by atoms with Crippen molar-refractivity contribution in [2.75, 3.05) is 6.54 Å². The highest BCUT2D eigenvalue weighted by Crippen LogP contribution is 2.26. The number of hydrogen-bond acceptors (Lipinski definition) is 4. The molecular formula is C16H12FI2N3O3. The number of carbonyl (C=O) groups excluding carboxylic acids is 2. The second kappa shape index (κ2) is 9.08. The SMILES string of the molecule is O=C(CNC(=O)c1cccc(F)c1)NN=Cc1cc(I)c(O)c(I)c1. The Bertz CT molecular complexity index is 820. The first-order valence-electron chi connectivity index (χ1n) is 6.90. The Labute approximate surface area is 170 Å². The summed E-state index contributed by atoms with van der Waals surface area (Å²) in [5, 5.41) is 15.9. The summed E-state index contributed by atoms with van der Waals surface area (Å²) in [7, 11) is 0. The maximum absolute atomic E-state index is 13.0. The Morgan fingerprint density at radius 3 is 2.52 bits per heavy atom. The minimum atomic E-state index is -0.554. The lowest BCUT2D eigenvalue weighted by Gasteiger charge is -2.04. The second-order valence-corrected chi connectivity index (χ2v) is 7.14. The third-order valence-corrected chi connectivity index (χ3v) is 4.58. The van der Waals surface area contributed by atoms with E-state index in [2.05, 4.69) is 15.8 Å². The fourth-order valence-electron chi connectivity index (χ4n) is 1.77. The summed E-state index contributed by atoms with van der Waals surface area (Å²) < 4.78 is 14.4. The van der Waals surface area contributed by atoms with Crippen LogP contribution < -0.4 is 10.7 Å². The maximum atomic E-state index is 13.0. The van der Waals surface area contributed by atoms with Crippen molar-refractivity contribution in [2.24, 2.45) is 5.10 Å². The van der Waals surface area contributed by atoms with Gasteiger partial charge in [-0.05, 0) is 81.1 Å². The van der Waals surface area contributed by atoms with E-state index in [0.717, 1.165) is 6.07 Å². The molecule has 130 valence electrons. The van der Waals surface area contributed by atoms with Gasteiger partial charge in [-0.2, -0.15) is 5.10 Å². The molecule has 6 nitrogen and oxygen atoms in total. The minimum Gasteiger partial charge on any atom is -0.506 e. The highest BCUT2D eigenvalue weighted by atomic mass is 127. The topological polar surface area (TPSA) is 90.8 Å². The molecule has 0 heterocycles. The molecule has 0 saturated carbocycles. The number of nitrogens with zero attached hydrogens (tertiary/aromatic N) is 1. The van der Waals surface area contributed by atoms with Crippen LogP contribution in [0, 0.1) is 13.0 Å². The summed E-state index contributed by atoms with van der Waals surface area (Å²) in [6.45, 7) is -0.294. The molecule has 3 N–H and O–H groups in total. The summed E-state index contributed by atoms with van der Waals surface area (Å²) >= 11 is 3.98. The first-order chi connectivity index (χ1) is 11.9. The summed E-state index contributed by atoms with van der Waals surface area (Å²) in [5.74, 6) is -1.41. The van der Waals surface area contributed by atoms with Crippen LogP contribution in [-0.4, -0.2) is 29.7 Å². The predicted octanol–water partition coefficient (Wildman–Crippen LogP) is 2.62. The van der Waals surface area contributed by atoms with Gasteiger partial charge in [0, 0.05) is 5.56 Å². The molecule has 0 aliphatic carbocycles. The highest BCUT2D eigenvalue weighted by Gasteiger charge is 2.08. The molecule has 0 aliphatic heterocycles. The van der Waals surface area contributed by atoms with Crippen LogP contribution in [0.4, 0.5) is 4.39 Å². The van der Waals surface area contributed by atoms with Crippen LogP contribution in [0.3, 0.4) is 0 Å². The number of aromatic hydroxyl groups is 1. The summed E-state index contributed by atoms with van der Waals surface area (Å²) in [6.07, 6.45) is 1.43. The molecule has 0 spiro atoms. The van der Waals surface area contributed by atoms with Crippen LogP contribution in [0.2, 0.25) is 0 Å². The number of carbonyl (C=O) groups is 2. The fraction of sp³-hybridized carbons (Fsp3) is 0.0625. The normalized spacial score (nSPS) is 10.7. The maximum Gasteiger partial charge on any atom is 0.259 e. The molecule has 0 bridgehead atoms. The fourth-order valence-corrected chi connectivity index (χ4v) is 3.59. The van der Waals surface area contributed by atoms with E-state index in [9.17, 15) is 19.1 Å². The van der Waals surface area contributed by atoms with E-state index < -0.39 is 17.6 Å². The second-order valence-electron chi connectivity index (χ2n) is 4.82. The molecular weight excluding hydrogens is 555 g/mol. The first-order valence-corrected chi connectivity index (χ1v) is 9.06. The molecule has 9 heteroatoms. The molecule has 0 fully saturated rings. The molecule has 0 unspecified atom stereocenters. The van der Waals surface area contributed by atoms with Crippen molar-refractivity contribution in [2.45, 2.75) is 0 Å². The van der Waals surface area contributed by atoms with Gasteiger partial charge in [-0.1, -0.05) is 6.07 Å². The molecule has 0 aliphatic rings. The lowest BCUT2D eigenvalue weighted by atomic mass is 10.2. The lowest BCUT2D eigenvalue weighted by Crippen LogP contribution is -2.34. The van der Waals surface area contributed by atoms with Gasteiger partial charge in [0.25, 0.3) is 11.8 Å². The first kappa shape index (κ1) is 19.6. The smallest absolute Gasteiger partial charge is 0.259 e. The van der Waals surface area contributed by atoms with Gasteiger partial charge in [0.15, 0.2) is 0 Å². The molecule has 2 rings (SSSR count). The van der Waals surface area contributed by atoms with Crippen molar-refractivity contribution >= 4 is 63.2 Å². The van der Waals surface area contributed by atoms with E-state index in [1.807, 2.05) is 45.2 Å². The number of phenolic OH excluding ortho intramolecular Hbond substituents is 1. The number of nitrogens with one attached hydrogen (secondary N) is 2. The van der Waals surface area contributed by atoms with Crippen molar-refractivity contribution in [3.05, 3.63) is 60.5 Å². The van der Waals surface area contributed by atoms with Crippen molar-refractivity contribution in [1.82, 2.24) is 10.7 Å². The Balaban J connectivity index is 1.85. The Morgan fingerprint density at radius 2 is 1.88 bits per heavy atom.